The van der Waals surface area contributed by atoms with Gasteiger partial charge < -0.3 is 9.90 Å². The second-order valence-corrected chi connectivity index (χ2v) is 4.27. The van der Waals surface area contributed by atoms with E-state index in [1.54, 1.807) is 6.92 Å². The van der Waals surface area contributed by atoms with Crippen LogP contribution in [0, 0.1) is 5.92 Å². The third-order valence-electron chi connectivity index (χ3n) is 2.63. The van der Waals surface area contributed by atoms with Gasteiger partial charge in [-0.25, -0.2) is 0 Å². The first kappa shape index (κ1) is 12.6. The molecular weight excluding hydrogens is 164 g/mol. The Labute approximate surface area is 81.3 Å². The van der Waals surface area contributed by atoms with Gasteiger partial charge in [0, 0.05) is 6.42 Å². The van der Waals surface area contributed by atoms with Crippen molar-refractivity contribution in [1.29, 1.82) is 0 Å². The number of carbonyl (C=O) groups excluding carboxylic acids is 1. The predicted octanol–water partition coefficient (Wildman–Crippen LogP) is 2.54. The van der Waals surface area contributed by atoms with E-state index < -0.39 is 5.60 Å². The van der Waals surface area contributed by atoms with Gasteiger partial charge in [-0.05, 0) is 19.3 Å². The van der Waals surface area contributed by atoms with Gasteiger partial charge in [0.15, 0.2) is 0 Å². The summed E-state index contributed by atoms with van der Waals surface area (Å²) < 4.78 is 0. The Hall–Kier alpha value is -0.370. The second-order valence-electron chi connectivity index (χ2n) is 4.27. The predicted molar refractivity (Wildman–Crippen MR) is 54.6 cm³/mol. The van der Waals surface area contributed by atoms with Crippen LogP contribution in [0.2, 0.25) is 0 Å². The third-order valence-corrected chi connectivity index (χ3v) is 2.63. The van der Waals surface area contributed by atoms with Gasteiger partial charge >= 0.3 is 0 Å². The van der Waals surface area contributed by atoms with Crippen LogP contribution in [0.4, 0.5) is 0 Å². The van der Waals surface area contributed by atoms with Crippen LogP contribution in [0.1, 0.15) is 52.9 Å². The van der Waals surface area contributed by atoms with Crippen LogP contribution < -0.4 is 0 Å². The average molecular weight is 186 g/mol. The molecule has 0 radical (unpaired) electrons. The molecule has 78 valence electrons. The maximum Gasteiger partial charge on any atom is 0.122 e. The van der Waals surface area contributed by atoms with Crippen LogP contribution in [-0.2, 0) is 4.79 Å². The van der Waals surface area contributed by atoms with E-state index in [2.05, 4.69) is 13.8 Å². The summed E-state index contributed by atoms with van der Waals surface area (Å²) in [7, 11) is 0. The number of rotatable bonds is 7. The van der Waals surface area contributed by atoms with E-state index in [0.717, 1.165) is 31.5 Å². The lowest BCUT2D eigenvalue weighted by Crippen LogP contribution is -2.24. The molecule has 2 nitrogen and oxygen atoms in total. The fourth-order valence-corrected chi connectivity index (χ4v) is 1.32. The summed E-state index contributed by atoms with van der Waals surface area (Å²) in [6, 6.07) is 0. The summed E-state index contributed by atoms with van der Waals surface area (Å²) in [5.41, 5.74) is -0.783. The van der Waals surface area contributed by atoms with E-state index in [0.29, 0.717) is 0 Å². The Morgan fingerprint density at radius 1 is 1.54 bits per heavy atom. The van der Waals surface area contributed by atoms with E-state index >= 15 is 0 Å². The molecule has 0 aliphatic rings. The van der Waals surface area contributed by atoms with Crippen molar-refractivity contribution >= 4 is 6.29 Å². The SMILES string of the molecule is CCC(C)CCCC(C)(O)CC=O. The minimum absolute atomic E-state index is 0.257. The highest BCUT2D eigenvalue weighted by molar-refractivity contribution is 5.51. The highest BCUT2D eigenvalue weighted by Crippen LogP contribution is 2.19. The molecule has 0 aliphatic carbocycles. The summed E-state index contributed by atoms with van der Waals surface area (Å²) in [6.07, 6.45) is 5.13. The summed E-state index contributed by atoms with van der Waals surface area (Å²) in [5, 5.41) is 9.67. The molecule has 2 unspecified atom stereocenters. The van der Waals surface area contributed by atoms with Gasteiger partial charge in [-0.15, -0.1) is 0 Å². The lowest BCUT2D eigenvalue weighted by atomic mass is 9.92. The van der Waals surface area contributed by atoms with E-state index in [-0.39, 0.29) is 6.42 Å². The Balaban J connectivity index is 3.56. The number of aldehydes is 1. The molecule has 0 aliphatic heterocycles. The normalized spacial score (nSPS) is 17.8. The van der Waals surface area contributed by atoms with E-state index in [4.69, 9.17) is 0 Å². The molecule has 0 rings (SSSR count). The largest absolute Gasteiger partial charge is 0.390 e. The summed E-state index contributed by atoms with van der Waals surface area (Å²) in [4.78, 5) is 10.2. The molecule has 0 aromatic heterocycles. The molecule has 0 bridgehead atoms. The maximum absolute atomic E-state index is 10.2. The number of aliphatic hydroxyl groups is 1. The molecule has 0 saturated heterocycles. The highest BCUT2D eigenvalue weighted by atomic mass is 16.3. The first-order chi connectivity index (χ1) is 6.02. The van der Waals surface area contributed by atoms with Crippen molar-refractivity contribution in [1.82, 2.24) is 0 Å². The Morgan fingerprint density at radius 2 is 2.15 bits per heavy atom. The van der Waals surface area contributed by atoms with Gasteiger partial charge in [0.2, 0.25) is 0 Å². The lowest BCUT2D eigenvalue weighted by molar-refractivity contribution is -0.112. The zero-order valence-corrected chi connectivity index (χ0v) is 9.05. The molecule has 1 N–H and O–H groups in total. The summed E-state index contributed by atoms with van der Waals surface area (Å²) in [5.74, 6) is 0.729. The molecule has 0 saturated carbocycles. The molecular formula is C11H22O2. The molecule has 0 aromatic rings. The molecule has 0 spiro atoms. The molecule has 2 heteroatoms. The van der Waals surface area contributed by atoms with Crippen LogP contribution in [0.5, 0.6) is 0 Å². The highest BCUT2D eigenvalue weighted by Gasteiger charge is 2.18. The van der Waals surface area contributed by atoms with Crippen molar-refractivity contribution in [3.05, 3.63) is 0 Å². The van der Waals surface area contributed by atoms with Crippen LogP contribution in [0.25, 0.3) is 0 Å². The zero-order chi connectivity index (χ0) is 10.3. The first-order valence-electron chi connectivity index (χ1n) is 5.18. The van der Waals surface area contributed by atoms with Crippen molar-refractivity contribution in [3.8, 4) is 0 Å². The topological polar surface area (TPSA) is 37.3 Å². The first-order valence-corrected chi connectivity index (χ1v) is 5.18. The molecule has 0 amide bonds. The lowest BCUT2D eigenvalue weighted by Gasteiger charge is -2.20. The van der Waals surface area contributed by atoms with Crippen molar-refractivity contribution in [2.24, 2.45) is 5.92 Å². The van der Waals surface area contributed by atoms with Crippen molar-refractivity contribution < 1.29 is 9.90 Å². The fraction of sp³-hybridized carbons (Fsp3) is 0.909. The Bertz CT molecular complexity index is 141. The van der Waals surface area contributed by atoms with Crippen molar-refractivity contribution in [2.45, 2.75) is 58.5 Å². The van der Waals surface area contributed by atoms with Gasteiger partial charge in [0.25, 0.3) is 0 Å². The molecule has 0 fully saturated rings. The Kier molecular flexibility index (Phi) is 5.97. The van der Waals surface area contributed by atoms with Crippen LogP contribution in [-0.4, -0.2) is 17.0 Å². The minimum atomic E-state index is -0.783. The second kappa shape index (κ2) is 6.14. The van der Waals surface area contributed by atoms with Crippen LogP contribution in [0.15, 0.2) is 0 Å². The molecule has 13 heavy (non-hydrogen) atoms. The fourth-order valence-electron chi connectivity index (χ4n) is 1.32. The summed E-state index contributed by atoms with van der Waals surface area (Å²) in [6.45, 7) is 6.13. The van der Waals surface area contributed by atoms with Crippen molar-refractivity contribution in [3.63, 3.8) is 0 Å². The summed E-state index contributed by atoms with van der Waals surface area (Å²) >= 11 is 0. The van der Waals surface area contributed by atoms with Gasteiger partial charge in [-0.2, -0.15) is 0 Å². The Morgan fingerprint density at radius 3 is 2.62 bits per heavy atom. The van der Waals surface area contributed by atoms with Crippen LogP contribution in [0.3, 0.4) is 0 Å². The minimum Gasteiger partial charge on any atom is -0.390 e. The monoisotopic (exact) mass is 186 g/mol. The van der Waals surface area contributed by atoms with Crippen LogP contribution >= 0.6 is 0 Å². The van der Waals surface area contributed by atoms with E-state index in [9.17, 15) is 9.90 Å². The van der Waals surface area contributed by atoms with Gasteiger partial charge in [-0.1, -0.05) is 33.1 Å². The van der Waals surface area contributed by atoms with Gasteiger partial charge in [0.05, 0.1) is 5.60 Å². The van der Waals surface area contributed by atoms with Crippen molar-refractivity contribution in [2.75, 3.05) is 0 Å². The third kappa shape index (κ3) is 6.76. The van der Waals surface area contributed by atoms with Gasteiger partial charge in [-0.3, -0.25) is 0 Å². The number of carbonyl (C=O) groups is 1. The molecule has 0 aromatic carbocycles. The van der Waals surface area contributed by atoms with Gasteiger partial charge in [0.1, 0.15) is 6.29 Å². The maximum atomic E-state index is 10.2. The zero-order valence-electron chi connectivity index (χ0n) is 9.05. The molecule has 2 atom stereocenters. The molecule has 0 heterocycles. The number of hydrogen-bond donors (Lipinski definition) is 1. The average Bonchev–Trinajstić information content (AvgIpc) is 2.03. The standard InChI is InChI=1S/C11H22O2/c1-4-10(2)6-5-7-11(3,13)8-9-12/h9-10,13H,4-8H2,1-3H3. The quantitative estimate of drug-likeness (QED) is 0.620. The van der Waals surface area contributed by atoms with E-state index in [1.165, 1.54) is 6.42 Å². The number of hydrogen-bond acceptors (Lipinski definition) is 2. The smallest absolute Gasteiger partial charge is 0.122 e. The van der Waals surface area contributed by atoms with E-state index in [1.807, 2.05) is 0 Å².